The fraction of sp³-hybridized carbons (Fsp3) is 0.462. The van der Waals surface area contributed by atoms with Crippen LogP contribution in [-0.4, -0.2) is 39.3 Å². The van der Waals surface area contributed by atoms with Gasteiger partial charge in [-0.15, -0.1) is 0 Å². The van der Waals surface area contributed by atoms with Crippen LogP contribution < -0.4 is 9.47 Å². The second-order valence-corrected chi connectivity index (χ2v) is 16.0. The molecule has 190 valence electrons. The number of hydrogen-bond acceptors (Lipinski definition) is 7. The van der Waals surface area contributed by atoms with E-state index in [1.807, 2.05) is 0 Å². The fourth-order valence-electron chi connectivity index (χ4n) is 3.72. The number of unbranched alkanes of at least 4 members (excludes halogenated alkanes) is 5. The monoisotopic (exact) mass is 515 g/mol. The maximum Gasteiger partial charge on any atom is 0.343 e. The highest BCUT2D eigenvalue weighted by molar-refractivity contribution is 6.78. The van der Waals surface area contributed by atoms with E-state index in [4.69, 9.17) is 18.9 Å². The van der Waals surface area contributed by atoms with Crippen LogP contribution >= 0.6 is 0 Å². The predicted octanol–water partition coefficient (Wildman–Crippen LogP) is 5.58. The lowest BCUT2D eigenvalue weighted by atomic mass is 10.1. The van der Waals surface area contributed by atoms with Gasteiger partial charge in [-0.1, -0.05) is 32.1 Å². The van der Waals surface area contributed by atoms with Gasteiger partial charge >= 0.3 is 23.1 Å². The first-order chi connectivity index (χ1) is 16.5. The van der Waals surface area contributed by atoms with Gasteiger partial charge in [-0.2, -0.15) is 5.26 Å². The molecule has 2 aromatic carbocycles. The van der Waals surface area contributed by atoms with E-state index in [2.05, 4.69) is 6.07 Å². The molecule has 0 aliphatic heterocycles. The predicted molar refractivity (Wildman–Crippen MR) is 140 cm³/mol. The normalized spacial score (nSPS) is 13.1. The van der Waals surface area contributed by atoms with Crippen LogP contribution in [0.2, 0.25) is 25.7 Å². The minimum Gasteiger partial charge on any atom is -0.494 e. The number of rotatable bonds is 14. The largest absolute Gasteiger partial charge is 0.494 e. The number of nitriles is 1. The van der Waals surface area contributed by atoms with Crippen LogP contribution in [0.25, 0.3) is 0 Å². The van der Waals surface area contributed by atoms with Crippen molar-refractivity contribution < 1.29 is 28.0 Å². The summed E-state index contributed by atoms with van der Waals surface area (Å²) in [5.74, 6) is 0.687. The molecule has 0 aliphatic carbocycles. The van der Waals surface area contributed by atoms with E-state index < -0.39 is 23.1 Å². The maximum absolute atomic E-state index is 12.4. The quantitative estimate of drug-likeness (QED) is 0.146. The maximum atomic E-state index is 12.4. The van der Waals surface area contributed by atoms with Gasteiger partial charge in [0, 0.05) is 0 Å². The Balaban J connectivity index is 1.61. The third-order valence-electron chi connectivity index (χ3n) is 5.37. The van der Waals surface area contributed by atoms with Gasteiger partial charge in [0.25, 0.3) is 0 Å². The lowest BCUT2D eigenvalue weighted by molar-refractivity contribution is 0.0733. The molecule has 0 heterocycles. The molecule has 0 radical (unpaired) electrons. The van der Waals surface area contributed by atoms with Crippen molar-refractivity contribution in [2.45, 2.75) is 71.1 Å². The third kappa shape index (κ3) is 11.2. The molecule has 0 aromatic heterocycles. The van der Waals surface area contributed by atoms with Gasteiger partial charge in [0.05, 0.1) is 23.8 Å². The highest BCUT2D eigenvalue weighted by Crippen LogP contribution is 2.22. The topological polar surface area (TPSA) is 109 Å². The van der Waals surface area contributed by atoms with Crippen LogP contribution in [0.3, 0.4) is 0 Å². The highest BCUT2D eigenvalue weighted by Gasteiger charge is 2.34. The molecular formula is C26H37NO6Si2. The number of carbonyl (C=O) groups is 1. The lowest BCUT2D eigenvalue weighted by Crippen LogP contribution is -2.46. The molecule has 9 heteroatoms. The van der Waals surface area contributed by atoms with Crippen LogP contribution in [0.15, 0.2) is 42.5 Å². The average molecular weight is 516 g/mol. The molecule has 0 saturated heterocycles. The molecule has 2 N–H and O–H groups in total. The van der Waals surface area contributed by atoms with Crippen LogP contribution in [-0.2, 0) is 4.12 Å². The van der Waals surface area contributed by atoms with Gasteiger partial charge in [0.1, 0.15) is 11.5 Å². The molecule has 0 fully saturated rings. The molecule has 0 aliphatic rings. The molecule has 0 saturated carbocycles. The van der Waals surface area contributed by atoms with Crippen molar-refractivity contribution >= 4 is 23.1 Å². The molecule has 0 amide bonds. The molecule has 0 bridgehead atoms. The summed E-state index contributed by atoms with van der Waals surface area (Å²) in [4.78, 5) is 32.5. The van der Waals surface area contributed by atoms with E-state index in [9.17, 15) is 14.4 Å². The standard InChI is InChI=1S/C26H37NO6Si2/c1-21-19-22(20-27)11-16-25(21)32-26(28)23-12-14-24(15-13-23)31-17-9-7-5-6-8-10-18-35(4,30)33-34(2,3)29/h11-16,19,29-30H,5-10,17-18H2,1-4H3. The first kappa shape index (κ1) is 28.7. The van der Waals surface area contributed by atoms with Gasteiger partial charge < -0.3 is 23.2 Å². The summed E-state index contributed by atoms with van der Waals surface area (Å²) in [6.45, 7) is 7.52. The van der Waals surface area contributed by atoms with Crippen molar-refractivity contribution in [1.82, 2.24) is 0 Å². The van der Waals surface area contributed by atoms with E-state index in [-0.39, 0.29) is 0 Å². The summed E-state index contributed by atoms with van der Waals surface area (Å²) in [7, 11) is -5.42. The van der Waals surface area contributed by atoms with Gasteiger partial charge in [-0.05, 0) is 87.1 Å². The van der Waals surface area contributed by atoms with Crippen molar-refractivity contribution in [3.05, 3.63) is 59.2 Å². The number of hydrogen-bond donors (Lipinski definition) is 2. The molecule has 0 spiro atoms. The molecule has 2 aromatic rings. The summed E-state index contributed by atoms with van der Waals surface area (Å²) < 4.78 is 16.7. The fourth-order valence-corrected chi connectivity index (χ4v) is 9.34. The summed E-state index contributed by atoms with van der Waals surface area (Å²) >= 11 is 0. The Morgan fingerprint density at radius 3 is 2.17 bits per heavy atom. The van der Waals surface area contributed by atoms with Crippen molar-refractivity contribution in [1.29, 1.82) is 5.26 Å². The van der Waals surface area contributed by atoms with E-state index in [0.717, 1.165) is 44.1 Å². The number of aryl methyl sites for hydroxylation is 1. The van der Waals surface area contributed by atoms with Crippen LogP contribution in [0.4, 0.5) is 0 Å². The van der Waals surface area contributed by atoms with E-state index in [1.54, 1.807) is 69.0 Å². The number of carbonyl (C=O) groups excluding carboxylic acids is 1. The van der Waals surface area contributed by atoms with Crippen molar-refractivity contribution in [3.8, 4) is 17.6 Å². The van der Waals surface area contributed by atoms with Crippen molar-refractivity contribution in [2.24, 2.45) is 0 Å². The lowest BCUT2D eigenvalue weighted by Gasteiger charge is -2.27. The number of benzene rings is 2. The Bertz CT molecular complexity index is 996. The second-order valence-electron chi connectivity index (χ2n) is 9.45. The zero-order valence-electron chi connectivity index (χ0n) is 21.2. The smallest absolute Gasteiger partial charge is 0.343 e. The summed E-state index contributed by atoms with van der Waals surface area (Å²) in [5, 5.41) is 8.94. The second kappa shape index (κ2) is 13.6. The van der Waals surface area contributed by atoms with E-state index in [0.29, 0.717) is 35.3 Å². The summed E-state index contributed by atoms with van der Waals surface area (Å²) in [5.41, 5.74) is 1.68. The van der Waals surface area contributed by atoms with Gasteiger partial charge in [0.15, 0.2) is 0 Å². The Kier molecular flexibility index (Phi) is 11.1. The highest BCUT2D eigenvalue weighted by atomic mass is 28.5. The van der Waals surface area contributed by atoms with Gasteiger partial charge in [0.2, 0.25) is 0 Å². The Morgan fingerprint density at radius 2 is 1.57 bits per heavy atom. The number of nitrogens with zero attached hydrogens (tertiary/aromatic N) is 1. The van der Waals surface area contributed by atoms with E-state index in [1.165, 1.54) is 0 Å². The first-order valence-corrected chi connectivity index (χ1v) is 17.5. The van der Waals surface area contributed by atoms with Crippen LogP contribution in [0, 0.1) is 18.3 Å². The zero-order valence-corrected chi connectivity index (χ0v) is 23.2. The van der Waals surface area contributed by atoms with Crippen molar-refractivity contribution in [3.63, 3.8) is 0 Å². The molecule has 35 heavy (non-hydrogen) atoms. The van der Waals surface area contributed by atoms with E-state index >= 15 is 0 Å². The molecule has 7 nitrogen and oxygen atoms in total. The Hall–Kier alpha value is -2.49. The summed E-state index contributed by atoms with van der Waals surface area (Å²) in [6, 6.07) is 14.5. The molecular weight excluding hydrogens is 478 g/mol. The Labute approximate surface area is 210 Å². The SMILES string of the molecule is Cc1cc(C#N)ccc1OC(=O)c1ccc(OCCCCCCCC[Si](C)(O)O[Si](C)(C)O)cc1. The molecule has 1 unspecified atom stereocenters. The number of ether oxygens (including phenoxy) is 2. The van der Waals surface area contributed by atoms with Crippen LogP contribution in [0.5, 0.6) is 11.5 Å². The minimum atomic E-state index is -2.74. The zero-order chi connectivity index (χ0) is 25.9. The third-order valence-corrected chi connectivity index (χ3v) is 10.4. The Morgan fingerprint density at radius 1 is 0.943 bits per heavy atom. The first-order valence-electron chi connectivity index (χ1n) is 12.1. The summed E-state index contributed by atoms with van der Waals surface area (Å²) in [6.07, 6.45) is 6.17. The van der Waals surface area contributed by atoms with Crippen LogP contribution in [0.1, 0.15) is 60.0 Å². The molecule has 2 rings (SSSR count). The van der Waals surface area contributed by atoms with Gasteiger partial charge in [-0.3, -0.25) is 0 Å². The molecule has 1 atom stereocenters. The average Bonchev–Trinajstić information content (AvgIpc) is 2.78. The van der Waals surface area contributed by atoms with Crippen molar-refractivity contribution in [2.75, 3.05) is 6.61 Å². The van der Waals surface area contributed by atoms with Gasteiger partial charge in [-0.25, -0.2) is 4.79 Å². The minimum absolute atomic E-state index is 0.429. The number of esters is 1.